The Morgan fingerprint density at radius 3 is 2.78 bits per heavy atom. The second-order valence-electron chi connectivity index (χ2n) is 2.05. The van der Waals surface area contributed by atoms with Gasteiger partial charge >= 0.3 is 5.56 Å². The van der Waals surface area contributed by atoms with Gasteiger partial charge in [0, 0.05) is 0 Å². The zero-order valence-corrected chi connectivity index (χ0v) is 5.53. The molecule has 0 N–H and O–H groups in total. The quantitative estimate of drug-likeness (QED) is 0.417. The van der Waals surface area contributed by atoms with Crippen molar-refractivity contribution < 1.29 is 4.57 Å². The summed E-state index contributed by atoms with van der Waals surface area (Å²) in [6, 6.07) is 1.53. The van der Waals surface area contributed by atoms with Crippen molar-refractivity contribution in [2.45, 2.75) is 0 Å². The molecule has 1 heterocycles. The lowest BCUT2D eigenvalue weighted by molar-refractivity contribution is -0.676. The topological polar surface area (TPSA) is 25.9 Å². The molecule has 0 aliphatic heterocycles. The molecule has 0 saturated carbocycles. The molecule has 0 spiro atoms. The van der Waals surface area contributed by atoms with Crippen molar-refractivity contribution in [1.29, 1.82) is 0 Å². The highest BCUT2D eigenvalue weighted by molar-refractivity contribution is 4.74. The lowest BCUT2D eigenvalue weighted by atomic mass is 10.6. The van der Waals surface area contributed by atoms with E-state index in [2.05, 4.69) is 0 Å². The highest BCUT2D eigenvalue weighted by atomic mass is 16.1. The van der Waals surface area contributed by atoms with E-state index in [0.717, 1.165) is 0 Å². The second kappa shape index (κ2) is 2.01. The van der Waals surface area contributed by atoms with Crippen LogP contribution in [0.25, 0.3) is 0 Å². The molecule has 0 atom stereocenters. The van der Waals surface area contributed by atoms with Gasteiger partial charge in [0.05, 0.1) is 26.4 Å². The van der Waals surface area contributed by atoms with Crippen molar-refractivity contribution in [1.82, 2.24) is 4.57 Å². The number of nitrogens with zero attached hydrogens (tertiary/aromatic N) is 2. The summed E-state index contributed by atoms with van der Waals surface area (Å²) in [7, 11) is 3.60. The summed E-state index contributed by atoms with van der Waals surface area (Å²) in [6.07, 6.45) is 3.45. The lowest BCUT2D eigenvalue weighted by Gasteiger charge is -1.88. The Bertz CT molecular complexity index is 264. The maximum atomic E-state index is 10.7. The van der Waals surface area contributed by atoms with Crippen LogP contribution in [0.4, 0.5) is 0 Å². The van der Waals surface area contributed by atoms with E-state index in [1.807, 2.05) is 11.6 Å². The Balaban J connectivity index is 3.34. The Hall–Kier alpha value is -1.12. The molecule has 0 radical (unpaired) electrons. The molecule has 0 fully saturated rings. The van der Waals surface area contributed by atoms with Gasteiger partial charge in [-0.1, -0.05) is 0 Å². The predicted molar refractivity (Wildman–Crippen MR) is 32.9 cm³/mol. The average Bonchev–Trinajstić information content (AvgIpc) is 1.80. The van der Waals surface area contributed by atoms with E-state index < -0.39 is 0 Å². The molecule has 3 nitrogen and oxygen atoms in total. The van der Waals surface area contributed by atoms with Gasteiger partial charge in [-0.2, -0.15) is 0 Å². The van der Waals surface area contributed by atoms with Crippen LogP contribution in [-0.2, 0) is 14.1 Å². The highest BCUT2D eigenvalue weighted by Crippen LogP contribution is 1.63. The molecule has 0 aliphatic rings. The third-order valence-electron chi connectivity index (χ3n) is 1.16. The SMILES string of the molecule is Cn1c[n+](C)ccc1=O. The lowest BCUT2D eigenvalue weighted by Crippen LogP contribution is -2.34. The van der Waals surface area contributed by atoms with Gasteiger partial charge < -0.3 is 0 Å². The summed E-state index contributed by atoms with van der Waals surface area (Å²) in [4.78, 5) is 10.7. The second-order valence-corrected chi connectivity index (χ2v) is 2.05. The Labute approximate surface area is 53.2 Å². The molecular formula is C6H9N2O+. The van der Waals surface area contributed by atoms with Gasteiger partial charge in [0.15, 0.2) is 0 Å². The Morgan fingerprint density at radius 1 is 1.67 bits per heavy atom. The summed E-state index contributed by atoms with van der Waals surface area (Å²) in [6.45, 7) is 0. The van der Waals surface area contributed by atoms with Crippen molar-refractivity contribution in [3.05, 3.63) is 28.9 Å². The van der Waals surface area contributed by atoms with Crippen LogP contribution in [0.2, 0.25) is 0 Å². The van der Waals surface area contributed by atoms with Crippen LogP contribution < -0.4 is 10.1 Å². The molecule has 0 saturated heterocycles. The van der Waals surface area contributed by atoms with Crippen LogP contribution in [0.3, 0.4) is 0 Å². The number of hydrogen-bond acceptors (Lipinski definition) is 1. The summed E-state index contributed by atoms with van der Waals surface area (Å²) in [5.41, 5.74) is 0.0214. The van der Waals surface area contributed by atoms with Gasteiger partial charge in [-0.3, -0.25) is 0 Å². The number of aromatic nitrogens is 2. The van der Waals surface area contributed by atoms with Crippen LogP contribution >= 0.6 is 0 Å². The highest BCUT2D eigenvalue weighted by Gasteiger charge is 1.93. The molecule has 48 valence electrons. The largest absolute Gasteiger partial charge is 0.336 e. The molecule has 1 aromatic rings. The molecular weight excluding hydrogens is 116 g/mol. The summed E-state index contributed by atoms with van der Waals surface area (Å²) in [5, 5.41) is 0. The molecule has 0 aliphatic carbocycles. The standard InChI is InChI=1S/C6H9N2O/c1-7-4-3-6(9)8(2)5-7/h3-5H,1-2H3/q+1. The monoisotopic (exact) mass is 125 g/mol. The van der Waals surface area contributed by atoms with E-state index in [0.29, 0.717) is 0 Å². The van der Waals surface area contributed by atoms with E-state index in [1.54, 1.807) is 19.6 Å². The average molecular weight is 125 g/mol. The summed E-state index contributed by atoms with van der Waals surface area (Å²) >= 11 is 0. The summed E-state index contributed by atoms with van der Waals surface area (Å²) in [5.74, 6) is 0. The molecule has 3 heteroatoms. The molecule has 1 rings (SSSR count). The maximum Gasteiger partial charge on any atom is 0.336 e. The fraction of sp³-hybridized carbons (Fsp3) is 0.333. The zero-order chi connectivity index (χ0) is 6.85. The van der Waals surface area contributed by atoms with Crippen molar-refractivity contribution in [3.63, 3.8) is 0 Å². The minimum absolute atomic E-state index is 0.0214. The number of aryl methyl sites for hydroxylation is 2. The first-order valence-corrected chi connectivity index (χ1v) is 2.72. The molecule has 0 aromatic carbocycles. The maximum absolute atomic E-state index is 10.7. The molecule has 0 unspecified atom stereocenters. The van der Waals surface area contributed by atoms with E-state index in [4.69, 9.17) is 0 Å². The predicted octanol–water partition coefficient (Wildman–Crippen LogP) is -0.790. The molecule has 1 aromatic heterocycles. The van der Waals surface area contributed by atoms with Gasteiger partial charge in [-0.05, 0) is 0 Å². The van der Waals surface area contributed by atoms with Crippen LogP contribution in [0.15, 0.2) is 23.4 Å². The normalized spacial score (nSPS) is 9.56. The van der Waals surface area contributed by atoms with E-state index in [1.165, 1.54) is 10.6 Å². The van der Waals surface area contributed by atoms with Crippen LogP contribution in [-0.4, -0.2) is 4.57 Å². The minimum atomic E-state index is 0.0214. The Kier molecular flexibility index (Phi) is 1.34. The molecule has 0 bridgehead atoms. The van der Waals surface area contributed by atoms with Gasteiger partial charge in [-0.15, -0.1) is 0 Å². The van der Waals surface area contributed by atoms with Gasteiger partial charge in [0.2, 0.25) is 6.33 Å². The van der Waals surface area contributed by atoms with Crippen molar-refractivity contribution in [2.24, 2.45) is 14.1 Å². The van der Waals surface area contributed by atoms with Crippen LogP contribution in [0, 0.1) is 0 Å². The van der Waals surface area contributed by atoms with E-state index in [-0.39, 0.29) is 5.56 Å². The molecule has 0 amide bonds. The molecule has 9 heavy (non-hydrogen) atoms. The summed E-state index contributed by atoms with van der Waals surface area (Å²) < 4.78 is 3.35. The zero-order valence-electron chi connectivity index (χ0n) is 5.53. The Morgan fingerprint density at radius 2 is 2.33 bits per heavy atom. The smallest absolute Gasteiger partial charge is 0.243 e. The van der Waals surface area contributed by atoms with Gasteiger partial charge in [0.25, 0.3) is 0 Å². The third kappa shape index (κ3) is 1.16. The van der Waals surface area contributed by atoms with Crippen LogP contribution in [0.1, 0.15) is 0 Å². The van der Waals surface area contributed by atoms with Crippen molar-refractivity contribution in [3.8, 4) is 0 Å². The fourth-order valence-electron chi connectivity index (χ4n) is 0.667. The van der Waals surface area contributed by atoms with Crippen LogP contribution in [0.5, 0.6) is 0 Å². The van der Waals surface area contributed by atoms with Crippen molar-refractivity contribution in [2.75, 3.05) is 0 Å². The first-order chi connectivity index (χ1) is 4.20. The first kappa shape index (κ1) is 6.01. The van der Waals surface area contributed by atoms with E-state index >= 15 is 0 Å². The van der Waals surface area contributed by atoms with E-state index in [9.17, 15) is 4.79 Å². The number of hydrogen-bond donors (Lipinski definition) is 0. The number of rotatable bonds is 0. The van der Waals surface area contributed by atoms with Gasteiger partial charge in [0.1, 0.15) is 0 Å². The third-order valence-corrected chi connectivity index (χ3v) is 1.16. The van der Waals surface area contributed by atoms with Crippen molar-refractivity contribution >= 4 is 0 Å². The fourth-order valence-corrected chi connectivity index (χ4v) is 0.667. The first-order valence-electron chi connectivity index (χ1n) is 2.72. The van der Waals surface area contributed by atoms with Gasteiger partial charge in [-0.25, -0.2) is 13.9 Å². The minimum Gasteiger partial charge on any atom is -0.243 e.